The highest BCUT2D eigenvalue weighted by molar-refractivity contribution is 5.87. The molecule has 0 unspecified atom stereocenters. The van der Waals surface area contributed by atoms with Crippen molar-refractivity contribution in [3.05, 3.63) is 42.0 Å². The van der Waals surface area contributed by atoms with Gasteiger partial charge in [-0.3, -0.25) is 0 Å². The molecule has 0 fully saturated rings. The van der Waals surface area contributed by atoms with E-state index in [9.17, 15) is 0 Å². The normalized spacial score (nSPS) is 10.4. The first-order valence-corrected chi connectivity index (χ1v) is 4.91. The molecular formula is C13H14O. The van der Waals surface area contributed by atoms with Crippen LogP contribution >= 0.6 is 0 Å². The van der Waals surface area contributed by atoms with Crippen LogP contribution in [0.15, 0.2) is 36.4 Å². The minimum absolute atomic E-state index is 0.945. The Hall–Kier alpha value is -1.50. The molecule has 14 heavy (non-hydrogen) atoms. The van der Waals surface area contributed by atoms with Crippen LogP contribution in [0.1, 0.15) is 12.5 Å². The molecule has 0 bridgehead atoms. The van der Waals surface area contributed by atoms with E-state index in [0.29, 0.717) is 0 Å². The van der Waals surface area contributed by atoms with E-state index in [0.717, 1.165) is 12.2 Å². The Morgan fingerprint density at radius 3 is 2.64 bits per heavy atom. The van der Waals surface area contributed by atoms with Crippen molar-refractivity contribution >= 4 is 10.8 Å². The van der Waals surface area contributed by atoms with Crippen LogP contribution in [-0.2, 0) is 6.42 Å². The lowest BCUT2D eigenvalue weighted by Gasteiger charge is -2.07. The van der Waals surface area contributed by atoms with Crippen molar-refractivity contribution in [1.29, 1.82) is 0 Å². The van der Waals surface area contributed by atoms with Gasteiger partial charge < -0.3 is 4.74 Å². The molecule has 2 rings (SSSR count). The number of hydrogen-bond acceptors (Lipinski definition) is 1. The van der Waals surface area contributed by atoms with Crippen molar-refractivity contribution in [2.75, 3.05) is 7.11 Å². The molecule has 0 aliphatic heterocycles. The van der Waals surface area contributed by atoms with Gasteiger partial charge in [-0.25, -0.2) is 0 Å². The summed E-state index contributed by atoms with van der Waals surface area (Å²) >= 11 is 0. The molecule has 0 aliphatic carbocycles. The van der Waals surface area contributed by atoms with E-state index in [1.807, 2.05) is 0 Å². The van der Waals surface area contributed by atoms with Gasteiger partial charge in [0.2, 0.25) is 0 Å². The number of ether oxygens (including phenoxy) is 1. The highest BCUT2D eigenvalue weighted by Gasteiger charge is 2.01. The first kappa shape index (κ1) is 9.07. The summed E-state index contributed by atoms with van der Waals surface area (Å²) in [6.07, 6.45) is 1.04. The summed E-state index contributed by atoms with van der Waals surface area (Å²) in [5, 5.41) is 2.58. The zero-order valence-electron chi connectivity index (χ0n) is 8.58. The van der Waals surface area contributed by atoms with Gasteiger partial charge in [-0.1, -0.05) is 31.2 Å². The molecule has 2 aromatic carbocycles. The van der Waals surface area contributed by atoms with E-state index in [1.165, 1.54) is 16.3 Å². The molecule has 0 radical (unpaired) electrons. The lowest BCUT2D eigenvalue weighted by molar-refractivity contribution is 0.415. The Kier molecular flexibility index (Phi) is 2.40. The van der Waals surface area contributed by atoms with Gasteiger partial charge >= 0.3 is 0 Å². The molecule has 2 aromatic rings. The second-order valence-corrected chi connectivity index (χ2v) is 3.36. The third kappa shape index (κ3) is 1.46. The fraction of sp³-hybridized carbons (Fsp3) is 0.231. The second kappa shape index (κ2) is 3.70. The molecular weight excluding hydrogens is 172 g/mol. The van der Waals surface area contributed by atoms with Crippen LogP contribution in [0.4, 0.5) is 0 Å². The monoisotopic (exact) mass is 186 g/mol. The Morgan fingerprint density at radius 1 is 1.14 bits per heavy atom. The van der Waals surface area contributed by atoms with Crippen molar-refractivity contribution in [2.45, 2.75) is 13.3 Å². The lowest BCUT2D eigenvalue weighted by Crippen LogP contribution is -1.88. The van der Waals surface area contributed by atoms with E-state index in [-0.39, 0.29) is 0 Å². The molecule has 0 amide bonds. The van der Waals surface area contributed by atoms with Crippen molar-refractivity contribution in [3.63, 3.8) is 0 Å². The SMILES string of the molecule is CCc1cc(OC)cc2ccccc12. The maximum Gasteiger partial charge on any atom is 0.119 e. The van der Waals surface area contributed by atoms with Gasteiger partial charge in [-0.05, 0) is 34.9 Å². The molecule has 1 heteroatoms. The maximum absolute atomic E-state index is 5.26. The fourth-order valence-electron chi connectivity index (χ4n) is 1.77. The number of rotatable bonds is 2. The molecule has 72 valence electrons. The Balaban J connectivity index is 2.73. The summed E-state index contributed by atoms with van der Waals surface area (Å²) in [6.45, 7) is 2.17. The van der Waals surface area contributed by atoms with Gasteiger partial charge in [0.05, 0.1) is 7.11 Å². The largest absolute Gasteiger partial charge is 0.497 e. The van der Waals surface area contributed by atoms with Crippen molar-refractivity contribution in [2.24, 2.45) is 0 Å². The number of methoxy groups -OCH3 is 1. The third-order valence-electron chi connectivity index (χ3n) is 2.54. The van der Waals surface area contributed by atoms with Crippen LogP contribution in [0.3, 0.4) is 0 Å². The molecule has 0 N–H and O–H groups in total. The van der Waals surface area contributed by atoms with Crippen LogP contribution in [-0.4, -0.2) is 7.11 Å². The minimum atomic E-state index is 0.945. The Bertz CT molecular complexity index is 446. The van der Waals surface area contributed by atoms with Crippen LogP contribution in [0.2, 0.25) is 0 Å². The van der Waals surface area contributed by atoms with Crippen LogP contribution < -0.4 is 4.74 Å². The number of hydrogen-bond donors (Lipinski definition) is 0. The van der Waals surface area contributed by atoms with E-state index < -0.39 is 0 Å². The molecule has 0 saturated heterocycles. The van der Waals surface area contributed by atoms with Gasteiger partial charge in [-0.15, -0.1) is 0 Å². The first-order valence-electron chi connectivity index (χ1n) is 4.91. The van der Waals surface area contributed by atoms with Crippen LogP contribution in [0, 0.1) is 0 Å². The second-order valence-electron chi connectivity index (χ2n) is 3.36. The number of aryl methyl sites for hydroxylation is 1. The first-order chi connectivity index (χ1) is 6.85. The number of fused-ring (bicyclic) bond motifs is 1. The summed E-state index contributed by atoms with van der Waals surface area (Å²) in [7, 11) is 1.71. The zero-order valence-corrected chi connectivity index (χ0v) is 8.58. The van der Waals surface area contributed by atoms with E-state index >= 15 is 0 Å². The quantitative estimate of drug-likeness (QED) is 0.698. The standard InChI is InChI=1S/C13H14O/c1-3-10-8-12(14-2)9-11-6-4-5-7-13(10)11/h4-9H,3H2,1-2H3. The molecule has 0 saturated carbocycles. The maximum atomic E-state index is 5.26. The van der Waals surface area contributed by atoms with Gasteiger partial charge in [0.25, 0.3) is 0 Å². The van der Waals surface area contributed by atoms with E-state index in [4.69, 9.17) is 4.74 Å². The Morgan fingerprint density at radius 2 is 1.93 bits per heavy atom. The predicted molar refractivity (Wildman–Crippen MR) is 59.9 cm³/mol. The average molecular weight is 186 g/mol. The molecule has 1 nitrogen and oxygen atoms in total. The number of benzene rings is 2. The van der Waals surface area contributed by atoms with Gasteiger partial charge in [0.1, 0.15) is 5.75 Å². The minimum Gasteiger partial charge on any atom is -0.497 e. The topological polar surface area (TPSA) is 9.23 Å². The molecule has 0 atom stereocenters. The van der Waals surface area contributed by atoms with Gasteiger partial charge in [0.15, 0.2) is 0 Å². The molecule has 0 aromatic heterocycles. The third-order valence-corrected chi connectivity index (χ3v) is 2.54. The summed E-state index contributed by atoms with van der Waals surface area (Å²) in [5.41, 5.74) is 1.35. The lowest BCUT2D eigenvalue weighted by atomic mass is 10.0. The summed E-state index contributed by atoms with van der Waals surface area (Å²) < 4.78 is 5.26. The van der Waals surface area contributed by atoms with Gasteiger partial charge in [0, 0.05) is 0 Å². The molecule has 0 heterocycles. The van der Waals surface area contributed by atoms with E-state index in [1.54, 1.807) is 7.11 Å². The highest BCUT2D eigenvalue weighted by atomic mass is 16.5. The summed E-state index contributed by atoms with van der Waals surface area (Å²) in [6, 6.07) is 12.6. The zero-order chi connectivity index (χ0) is 9.97. The average Bonchev–Trinajstić information content (AvgIpc) is 2.27. The van der Waals surface area contributed by atoms with Crippen molar-refractivity contribution in [1.82, 2.24) is 0 Å². The summed E-state index contributed by atoms with van der Waals surface area (Å²) in [5.74, 6) is 0.945. The van der Waals surface area contributed by atoms with Crippen LogP contribution in [0.5, 0.6) is 5.75 Å². The smallest absolute Gasteiger partial charge is 0.119 e. The van der Waals surface area contributed by atoms with Crippen molar-refractivity contribution < 1.29 is 4.74 Å². The van der Waals surface area contributed by atoms with Crippen LogP contribution in [0.25, 0.3) is 10.8 Å². The summed E-state index contributed by atoms with van der Waals surface area (Å²) in [4.78, 5) is 0. The van der Waals surface area contributed by atoms with Gasteiger partial charge in [-0.2, -0.15) is 0 Å². The Labute approximate surface area is 84.3 Å². The fourth-order valence-corrected chi connectivity index (χ4v) is 1.77. The predicted octanol–water partition coefficient (Wildman–Crippen LogP) is 3.41. The highest BCUT2D eigenvalue weighted by Crippen LogP contribution is 2.25. The van der Waals surface area contributed by atoms with Crippen molar-refractivity contribution in [3.8, 4) is 5.75 Å². The molecule has 0 spiro atoms. The van der Waals surface area contributed by atoms with E-state index in [2.05, 4.69) is 43.3 Å². The molecule has 0 aliphatic rings.